The quantitative estimate of drug-likeness (QED) is 0.831. The number of carbonyl (C=O) groups excluding carboxylic acids is 2. The highest BCUT2D eigenvalue weighted by Gasteiger charge is 2.43. The molecule has 0 radical (unpaired) electrons. The number of hydrogen-bond donors (Lipinski definition) is 1. The van der Waals surface area contributed by atoms with Gasteiger partial charge in [-0.2, -0.15) is 5.26 Å². The van der Waals surface area contributed by atoms with E-state index in [1.165, 1.54) is 18.0 Å². The van der Waals surface area contributed by atoms with Crippen molar-refractivity contribution < 1.29 is 9.59 Å². The Morgan fingerprint density at radius 1 is 1.45 bits per heavy atom. The van der Waals surface area contributed by atoms with E-state index >= 15 is 0 Å². The van der Waals surface area contributed by atoms with Gasteiger partial charge in [-0.15, -0.1) is 0 Å². The number of benzene rings is 1. The average molecular weight is 293 g/mol. The summed E-state index contributed by atoms with van der Waals surface area (Å²) in [5.74, 6) is -0.385. The van der Waals surface area contributed by atoms with Gasteiger partial charge in [0, 0.05) is 13.6 Å². The molecule has 1 aliphatic heterocycles. The molecule has 2 N–H and O–H groups in total. The predicted molar refractivity (Wildman–Crippen MR) is 74.4 cm³/mol. The summed E-state index contributed by atoms with van der Waals surface area (Å²) in [6.45, 7) is 1.72. The van der Waals surface area contributed by atoms with E-state index in [1.54, 1.807) is 13.0 Å². The number of carbonyl (C=O) groups is 2. The topological polar surface area (TPSA) is 90.4 Å². The van der Waals surface area contributed by atoms with Crippen LogP contribution in [0.2, 0.25) is 5.02 Å². The van der Waals surface area contributed by atoms with E-state index < -0.39 is 12.1 Å². The summed E-state index contributed by atoms with van der Waals surface area (Å²) in [6, 6.07) is 3.87. The first-order valence-electron chi connectivity index (χ1n) is 5.94. The van der Waals surface area contributed by atoms with Crippen molar-refractivity contribution >= 4 is 29.2 Å². The third-order valence-electron chi connectivity index (χ3n) is 3.41. The van der Waals surface area contributed by atoms with Crippen LogP contribution in [-0.2, 0) is 4.79 Å². The van der Waals surface area contributed by atoms with E-state index in [9.17, 15) is 9.59 Å². The largest absolute Gasteiger partial charge is 0.331 e. The van der Waals surface area contributed by atoms with Crippen LogP contribution < -0.4 is 10.6 Å². The van der Waals surface area contributed by atoms with Crippen molar-refractivity contribution in [2.24, 2.45) is 5.73 Å². The lowest BCUT2D eigenvalue weighted by atomic mass is 10.1. The van der Waals surface area contributed by atoms with E-state index in [0.29, 0.717) is 16.8 Å². The molecule has 20 heavy (non-hydrogen) atoms. The molecule has 1 saturated heterocycles. The number of nitrogens with zero attached hydrogens (tertiary/aromatic N) is 3. The Hall–Kier alpha value is -2.10. The molecular formula is C13H13ClN4O2. The van der Waals surface area contributed by atoms with Crippen molar-refractivity contribution in [3.8, 4) is 6.07 Å². The zero-order chi connectivity index (χ0) is 15.0. The van der Waals surface area contributed by atoms with Crippen LogP contribution in [0.15, 0.2) is 12.1 Å². The van der Waals surface area contributed by atoms with Gasteiger partial charge in [0.25, 0.3) is 5.91 Å². The third-order valence-corrected chi connectivity index (χ3v) is 3.90. The minimum atomic E-state index is -0.670. The molecule has 1 heterocycles. The zero-order valence-corrected chi connectivity index (χ0v) is 11.8. The summed E-state index contributed by atoms with van der Waals surface area (Å²) in [4.78, 5) is 26.8. The predicted octanol–water partition coefficient (Wildman–Crippen LogP) is 1.25. The summed E-state index contributed by atoms with van der Waals surface area (Å²) < 4.78 is 0. The molecule has 0 aromatic heterocycles. The molecule has 0 unspecified atom stereocenters. The number of hydrogen-bond acceptors (Lipinski definition) is 4. The molecule has 6 nitrogen and oxygen atoms in total. The minimum Gasteiger partial charge on any atom is -0.328 e. The normalized spacial score (nSPS) is 18.6. The highest BCUT2D eigenvalue weighted by Crippen LogP contribution is 2.32. The molecular weight excluding hydrogens is 280 g/mol. The highest BCUT2D eigenvalue weighted by atomic mass is 35.5. The molecule has 1 atom stereocenters. The number of nitrogens with two attached hydrogens (primary N) is 1. The van der Waals surface area contributed by atoms with Crippen LogP contribution in [0.4, 0.5) is 10.5 Å². The highest BCUT2D eigenvalue weighted by molar-refractivity contribution is 6.33. The molecule has 1 fully saturated rings. The number of halogens is 1. The Balaban J connectivity index is 2.53. The Labute approximate surface area is 121 Å². The zero-order valence-electron chi connectivity index (χ0n) is 11.1. The number of rotatable bonds is 2. The minimum absolute atomic E-state index is 0.0562. The fraction of sp³-hybridized carbons (Fsp3) is 0.308. The molecule has 0 spiro atoms. The lowest BCUT2D eigenvalue weighted by Gasteiger charge is -2.17. The average Bonchev–Trinajstić information content (AvgIpc) is 2.64. The Morgan fingerprint density at radius 3 is 2.60 bits per heavy atom. The fourth-order valence-electron chi connectivity index (χ4n) is 2.18. The lowest BCUT2D eigenvalue weighted by molar-refractivity contribution is -0.119. The van der Waals surface area contributed by atoms with Gasteiger partial charge >= 0.3 is 6.03 Å². The molecule has 0 bridgehead atoms. The van der Waals surface area contributed by atoms with Crippen LogP contribution in [0.3, 0.4) is 0 Å². The maximum absolute atomic E-state index is 12.3. The molecule has 0 saturated carbocycles. The van der Waals surface area contributed by atoms with Gasteiger partial charge < -0.3 is 10.6 Å². The lowest BCUT2D eigenvalue weighted by Crippen LogP contribution is -2.38. The number of urea groups is 1. The maximum Gasteiger partial charge on any atom is 0.331 e. The molecule has 7 heteroatoms. The van der Waals surface area contributed by atoms with Crippen LogP contribution in [0.1, 0.15) is 11.1 Å². The van der Waals surface area contributed by atoms with Crippen LogP contribution in [-0.4, -0.2) is 36.5 Å². The van der Waals surface area contributed by atoms with Crippen molar-refractivity contribution in [1.29, 1.82) is 5.26 Å². The van der Waals surface area contributed by atoms with Gasteiger partial charge in [-0.1, -0.05) is 11.6 Å². The van der Waals surface area contributed by atoms with Crippen LogP contribution >= 0.6 is 11.6 Å². The Morgan fingerprint density at radius 2 is 2.10 bits per heavy atom. The molecule has 0 aliphatic carbocycles. The van der Waals surface area contributed by atoms with E-state index in [-0.39, 0.29) is 17.5 Å². The van der Waals surface area contributed by atoms with E-state index in [2.05, 4.69) is 0 Å². The van der Waals surface area contributed by atoms with Gasteiger partial charge in [0.2, 0.25) is 0 Å². The smallest absolute Gasteiger partial charge is 0.328 e. The number of amides is 3. The summed E-state index contributed by atoms with van der Waals surface area (Å²) >= 11 is 6.07. The number of likely N-dealkylation sites (N-methyl/N-ethyl adjacent to an activating group) is 1. The van der Waals surface area contributed by atoms with Gasteiger partial charge in [0.15, 0.2) is 0 Å². The Kier molecular flexibility index (Phi) is 3.66. The summed E-state index contributed by atoms with van der Waals surface area (Å²) in [5, 5.41) is 9.16. The molecule has 1 aromatic rings. The van der Waals surface area contributed by atoms with Crippen molar-refractivity contribution in [3.63, 3.8) is 0 Å². The summed E-state index contributed by atoms with van der Waals surface area (Å²) in [7, 11) is 1.53. The van der Waals surface area contributed by atoms with Gasteiger partial charge in [0.1, 0.15) is 12.1 Å². The Bertz CT molecular complexity index is 638. The maximum atomic E-state index is 12.3. The molecule has 3 amide bonds. The molecule has 1 aromatic carbocycles. The second-order valence-electron chi connectivity index (χ2n) is 4.50. The van der Waals surface area contributed by atoms with E-state index in [0.717, 1.165) is 4.90 Å². The van der Waals surface area contributed by atoms with Gasteiger partial charge in [-0.05, 0) is 24.6 Å². The van der Waals surface area contributed by atoms with Gasteiger partial charge in [-0.3, -0.25) is 4.79 Å². The van der Waals surface area contributed by atoms with Crippen molar-refractivity contribution in [1.82, 2.24) is 4.90 Å². The van der Waals surface area contributed by atoms with Gasteiger partial charge in [-0.25, -0.2) is 9.69 Å². The molecule has 1 aliphatic rings. The monoisotopic (exact) mass is 292 g/mol. The van der Waals surface area contributed by atoms with Crippen molar-refractivity contribution in [2.45, 2.75) is 13.0 Å². The summed E-state index contributed by atoms with van der Waals surface area (Å²) in [5.41, 5.74) is 6.72. The molecule has 2 rings (SSSR count). The van der Waals surface area contributed by atoms with E-state index in [1.807, 2.05) is 6.07 Å². The van der Waals surface area contributed by atoms with Crippen molar-refractivity contribution in [3.05, 3.63) is 28.3 Å². The third kappa shape index (κ3) is 1.92. The molecule has 104 valence electrons. The number of imide groups is 1. The SMILES string of the molecule is Cc1c(N2C(=O)[C@H](CN)N(C)C2=O)ccc(C#N)c1Cl. The first-order chi connectivity index (χ1) is 9.43. The van der Waals surface area contributed by atoms with E-state index in [4.69, 9.17) is 22.6 Å². The first kappa shape index (κ1) is 14.3. The van der Waals surface area contributed by atoms with Gasteiger partial charge in [0.05, 0.1) is 16.3 Å². The van der Waals surface area contributed by atoms with Crippen molar-refractivity contribution in [2.75, 3.05) is 18.5 Å². The first-order valence-corrected chi connectivity index (χ1v) is 6.31. The van der Waals surface area contributed by atoms with Crippen LogP contribution in [0, 0.1) is 18.3 Å². The van der Waals surface area contributed by atoms with Crippen LogP contribution in [0.5, 0.6) is 0 Å². The standard InChI is InChI=1S/C13H13ClN4O2/c1-7-9(4-3-8(5-15)11(7)14)18-12(19)10(6-16)17(2)13(18)20/h3-4,10H,6,16H2,1-2H3/t10-/m0/s1. The fourth-order valence-corrected chi connectivity index (χ4v) is 2.39. The number of nitriles is 1. The second-order valence-corrected chi connectivity index (χ2v) is 4.88. The van der Waals surface area contributed by atoms with Crippen LogP contribution in [0.25, 0.3) is 0 Å². The summed E-state index contributed by atoms with van der Waals surface area (Å²) in [6.07, 6.45) is 0. The second kappa shape index (κ2) is 5.12. The number of anilines is 1.